The number of hydrogen-bond acceptors (Lipinski definition) is 3. The van der Waals surface area contributed by atoms with E-state index < -0.39 is 24.6 Å². The van der Waals surface area contributed by atoms with Crippen molar-refractivity contribution < 1.29 is 19.8 Å². The van der Waals surface area contributed by atoms with Crippen LogP contribution in [0, 0.1) is 0 Å². The van der Waals surface area contributed by atoms with E-state index in [1.165, 1.54) is 11.9 Å². The van der Waals surface area contributed by atoms with Crippen LogP contribution in [0.5, 0.6) is 0 Å². The Labute approximate surface area is 98.5 Å². The molecule has 6 nitrogen and oxygen atoms in total. The van der Waals surface area contributed by atoms with E-state index in [4.69, 9.17) is 10.2 Å². The van der Waals surface area contributed by atoms with Gasteiger partial charge in [-0.1, -0.05) is 18.2 Å². The molecule has 17 heavy (non-hydrogen) atoms. The number of rotatable bonds is 4. The van der Waals surface area contributed by atoms with Crippen LogP contribution in [0.2, 0.25) is 0 Å². The normalized spacial score (nSPS) is 11.6. The largest absolute Gasteiger partial charge is 0.480 e. The maximum absolute atomic E-state index is 11.7. The number of nitrogens with zero attached hydrogens (tertiary/aromatic N) is 1. The summed E-state index contributed by atoms with van der Waals surface area (Å²) in [7, 11) is 1.51. The molecule has 1 aromatic rings. The summed E-state index contributed by atoms with van der Waals surface area (Å²) in [6.45, 7) is -0.649. The van der Waals surface area contributed by atoms with Gasteiger partial charge in [-0.15, -0.1) is 0 Å². The van der Waals surface area contributed by atoms with Crippen molar-refractivity contribution in [3.05, 3.63) is 30.3 Å². The van der Waals surface area contributed by atoms with Gasteiger partial charge < -0.3 is 15.5 Å². The van der Waals surface area contributed by atoms with E-state index >= 15 is 0 Å². The van der Waals surface area contributed by atoms with Gasteiger partial charge in [-0.3, -0.25) is 4.90 Å². The van der Waals surface area contributed by atoms with E-state index in [9.17, 15) is 9.59 Å². The Bertz CT molecular complexity index is 394. The van der Waals surface area contributed by atoms with Crippen LogP contribution in [0.15, 0.2) is 30.3 Å². The van der Waals surface area contributed by atoms with E-state index in [-0.39, 0.29) is 0 Å². The molecule has 0 bridgehead atoms. The Morgan fingerprint density at radius 2 is 1.94 bits per heavy atom. The molecular formula is C11H14N2O4. The smallest absolute Gasteiger partial charge is 0.328 e. The van der Waals surface area contributed by atoms with Crippen molar-refractivity contribution in [2.45, 2.75) is 6.04 Å². The minimum atomic E-state index is -1.30. The van der Waals surface area contributed by atoms with Gasteiger partial charge in [0.1, 0.15) is 0 Å². The number of benzene rings is 1. The van der Waals surface area contributed by atoms with Crippen LogP contribution in [-0.2, 0) is 4.79 Å². The third-order valence-electron chi connectivity index (χ3n) is 2.23. The first kappa shape index (κ1) is 13.0. The van der Waals surface area contributed by atoms with Crippen molar-refractivity contribution in [1.29, 1.82) is 0 Å². The predicted octanol–water partition coefficient (Wildman–Crippen LogP) is 0.278. The zero-order valence-electron chi connectivity index (χ0n) is 9.33. The highest BCUT2D eigenvalue weighted by molar-refractivity contribution is 5.93. The summed E-state index contributed by atoms with van der Waals surface area (Å²) in [5.74, 6) is -1.28. The molecule has 1 rings (SSSR count). The number of aliphatic hydroxyl groups excluding tert-OH is 1. The Morgan fingerprint density at radius 1 is 1.35 bits per heavy atom. The van der Waals surface area contributed by atoms with Crippen molar-refractivity contribution in [3.8, 4) is 0 Å². The molecule has 0 aliphatic carbocycles. The second-order valence-electron chi connectivity index (χ2n) is 3.42. The molecule has 0 heterocycles. The molecule has 1 unspecified atom stereocenters. The number of carbonyl (C=O) groups excluding carboxylic acids is 1. The molecule has 1 atom stereocenters. The van der Waals surface area contributed by atoms with E-state index in [1.54, 1.807) is 24.3 Å². The van der Waals surface area contributed by atoms with E-state index in [0.717, 1.165) is 0 Å². The van der Waals surface area contributed by atoms with Gasteiger partial charge in [-0.2, -0.15) is 0 Å². The Balaban J connectivity index is 2.68. The molecule has 0 aromatic heterocycles. The highest BCUT2D eigenvalue weighted by atomic mass is 16.4. The molecule has 0 spiro atoms. The van der Waals surface area contributed by atoms with Gasteiger partial charge >= 0.3 is 12.0 Å². The lowest BCUT2D eigenvalue weighted by Crippen LogP contribution is -2.48. The van der Waals surface area contributed by atoms with E-state index in [0.29, 0.717) is 5.69 Å². The third kappa shape index (κ3) is 3.46. The highest BCUT2D eigenvalue weighted by Crippen LogP contribution is 2.10. The topological polar surface area (TPSA) is 89.9 Å². The fourth-order valence-electron chi connectivity index (χ4n) is 1.20. The van der Waals surface area contributed by atoms with Crippen molar-refractivity contribution in [2.75, 3.05) is 18.6 Å². The van der Waals surface area contributed by atoms with Gasteiger partial charge in [0.25, 0.3) is 0 Å². The number of nitrogens with one attached hydrogen (secondary N) is 1. The SMILES string of the molecule is CN(C(=O)NC(CO)C(=O)O)c1ccccc1. The molecule has 1 aromatic carbocycles. The number of carboxylic acid groups (broad SMARTS) is 1. The zero-order chi connectivity index (χ0) is 12.8. The van der Waals surface area contributed by atoms with E-state index in [1.807, 2.05) is 6.07 Å². The van der Waals surface area contributed by atoms with Crippen LogP contribution in [-0.4, -0.2) is 41.9 Å². The molecule has 0 saturated heterocycles. The maximum atomic E-state index is 11.7. The number of anilines is 1. The maximum Gasteiger partial charge on any atom is 0.328 e. The number of aliphatic carboxylic acids is 1. The molecular weight excluding hydrogens is 224 g/mol. The average molecular weight is 238 g/mol. The first-order valence-corrected chi connectivity index (χ1v) is 4.99. The minimum absolute atomic E-state index is 0.586. The lowest BCUT2D eigenvalue weighted by molar-refractivity contribution is -0.140. The first-order valence-electron chi connectivity index (χ1n) is 4.99. The lowest BCUT2D eigenvalue weighted by atomic mass is 10.3. The molecule has 0 fully saturated rings. The molecule has 0 radical (unpaired) electrons. The van der Waals surface area contributed by atoms with Crippen LogP contribution in [0.1, 0.15) is 0 Å². The zero-order valence-corrected chi connectivity index (χ0v) is 9.33. The second kappa shape index (κ2) is 5.86. The van der Waals surface area contributed by atoms with Crippen molar-refractivity contribution in [2.24, 2.45) is 0 Å². The average Bonchev–Trinajstić information content (AvgIpc) is 2.35. The van der Waals surface area contributed by atoms with Crippen molar-refractivity contribution in [3.63, 3.8) is 0 Å². The van der Waals surface area contributed by atoms with Gasteiger partial charge in [0, 0.05) is 12.7 Å². The van der Waals surface area contributed by atoms with Gasteiger partial charge in [-0.25, -0.2) is 9.59 Å². The number of para-hydroxylation sites is 1. The second-order valence-corrected chi connectivity index (χ2v) is 3.42. The number of carboxylic acids is 1. The van der Waals surface area contributed by atoms with Crippen molar-refractivity contribution in [1.82, 2.24) is 5.32 Å². The number of amides is 2. The molecule has 0 saturated carbocycles. The number of carbonyl (C=O) groups is 2. The van der Waals surface area contributed by atoms with E-state index in [2.05, 4.69) is 5.32 Å². The molecule has 92 valence electrons. The van der Waals surface area contributed by atoms with Crippen LogP contribution in [0.3, 0.4) is 0 Å². The Hall–Kier alpha value is -2.08. The summed E-state index contributed by atoms with van der Waals surface area (Å²) in [4.78, 5) is 23.6. The summed E-state index contributed by atoms with van der Waals surface area (Å²) in [6, 6.07) is 6.89. The highest BCUT2D eigenvalue weighted by Gasteiger charge is 2.21. The molecule has 0 aliphatic rings. The molecule has 2 amide bonds. The number of aliphatic hydroxyl groups is 1. The van der Waals surface area contributed by atoms with Gasteiger partial charge in [0.2, 0.25) is 0 Å². The Kier molecular flexibility index (Phi) is 4.47. The summed E-state index contributed by atoms with van der Waals surface area (Å²) < 4.78 is 0. The first-order chi connectivity index (χ1) is 8.06. The predicted molar refractivity (Wildman–Crippen MR) is 61.9 cm³/mol. The van der Waals surface area contributed by atoms with Crippen LogP contribution in [0.4, 0.5) is 10.5 Å². The number of urea groups is 1. The quantitative estimate of drug-likeness (QED) is 0.702. The van der Waals surface area contributed by atoms with Crippen LogP contribution in [0.25, 0.3) is 0 Å². The summed E-state index contributed by atoms with van der Waals surface area (Å²) >= 11 is 0. The van der Waals surface area contributed by atoms with Gasteiger partial charge in [-0.05, 0) is 12.1 Å². The monoisotopic (exact) mass is 238 g/mol. The van der Waals surface area contributed by atoms with Crippen molar-refractivity contribution >= 4 is 17.7 Å². The number of hydrogen-bond donors (Lipinski definition) is 3. The summed E-state index contributed by atoms with van der Waals surface area (Å²) in [5, 5.41) is 19.7. The van der Waals surface area contributed by atoms with Crippen LogP contribution >= 0.6 is 0 Å². The Morgan fingerprint density at radius 3 is 2.41 bits per heavy atom. The van der Waals surface area contributed by atoms with Gasteiger partial charge in [0.15, 0.2) is 6.04 Å². The van der Waals surface area contributed by atoms with Crippen LogP contribution < -0.4 is 10.2 Å². The summed E-state index contributed by atoms with van der Waals surface area (Å²) in [6.07, 6.45) is 0. The fourth-order valence-corrected chi connectivity index (χ4v) is 1.20. The third-order valence-corrected chi connectivity index (χ3v) is 2.23. The lowest BCUT2D eigenvalue weighted by Gasteiger charge is -2.20. The molecule has 0 aliphatic heterocycles. The minimum Gasteiger partial charge on any atom is -0.480 e. The fraction of sp³-hybridized carbons (Fsp3) is 0.273. The molecule has 3 N–H and O–H groups in total. The summed E-state index contributed by atoms with van der Waals surface area (Å²) in [5.41, 5.74) is 0.632. The standard InChI is InChI=1S/C11H14N2O4/c1-13(8-5-3-2-4-6-8)11(17)12-9(7-14)10(15)16/h2-6,9,14H,7H2,1H3,(H,12,17)(H,15,16). The van der Waals surface area contributed by atoms with Gasteiger partial charge in [0.05, 0.1) is 6.61 Å². The molecule has 6 heteroatoms.